The Bertz CT molecular complexity index is 281. The van der Waals surface area contributed by atoms with Crippen LogP contribution in [0.5, 0.6) is 0 Å². The first kappa shape index (κ1) is 10.6. The molecule has 1 aromatic carbocycles. The lowest BCUT2D eigenvalue weighted by Gasteiger charge is -2.08. The standard InChI is InChI=1S/C11H16ClN/c1-8(2)10-4-3-9(5-6-13)11(12)7-10/h3-4,7-8H,5-6,13H2,1-2H3. The normalized spacial score (nSPS) is 10.8. The molecule has 0 amide bonds. The molecule has 1 rings (SSSR count). The van der Waals surface area contributed by atoms with Gasteiger partial charge in [-0.15, -0.1) is 0 Å². The molecule has 0 unspecified atom stereocenters. The van der Waals surface area contributed by atoms with Crippen LogP contribution in [-0.2, 0) is 6.42 Å². The number of hydrogen-bond acceptors (Lipinski definition) is 1. The molecule has 2 heteroatoms. The average Bonchev–Trinajstić information content (AvgIpc) is 2.08. The van der Waals surface area contributed by atoms with Gasteiger partial charge in [-0.25, -0.2) is 0 Å². The van der Waals surface area contributed by atoms with Crippen LogP contribution in [0.2, 0.25) is 5.02 Å². The van der Waals surface area contributed by atoms with Crippen LogP contribution in [0.4, 0.5) is 0 Å². The molecule has 0 saturated carbocycles. The SMILES string of the molecule is CC(C)c1ccc(CCN)c(Cl)c1. The van der Waals surface area contributed by atoms with E-state index in [0.29, 0.717) is 12.5 Å². The molecule has 0 aliphatic heterocycles. The topological polar surface area (TPSA) is 26.0 Å². The second-order valence-electron chi connectivity index (χ2n) is 3.54. The van der Waals surface area contributed by atoms with Gasteiger partial charge in [0.15, 0.2) is 0 Å². The van der Waals surface area contributed by atoms with Crippen molar-refractivity contribution in [1.82, 2.24) is 0 Å². The summed E-state index contributed by atoms with van der Waals surface area (Å²) in [5, 5.41) is 0.844. The number of halogens is 1. The first-order valence-electron chi connectivity index (χ1n) is 4.63. The summed E-state index contributed by atoms with van der Waals surface area (Å²) in [5.41, 5.74) is 7.90. The Labute approximate surface area is 84.9 Å². The van der Waals surface area contributed by atoms with Crippen molar-refractivity contribution in [3.05, 3.63) is 34.3 Å². The summed E-state index contributed by atoms with van der Waals surface area (Å²) in [4.78, 5) is 0. The minimum Gasteiger partial charge on any atom is -0.330 e. The molecule has 0 fully saturated rings. The third-order valence-corrected chi connectivity index (χ3v) is 2.51. The highest BCUT2D eigenvalue weighted by Crippen LogP contribution is 2.22. The van der Waals surface area contributed by atoms with Crippen LogP contribution in [0.25, 0.3) is 0 Å². The van der Waals surface area contributed by atoms with Crippen molar-refractivity contribution < 1.29 is 0 Å². The summed E-state index contributed by atoms with van der Waals surface area (Å²) in [6.45, 7) is 4.98. The second kappa shape index (κ2) is 4.64. The molecule has 0 saturated heterocycles. The molecule has 1 aromatic rings. The molecule has 72 valence electrons. The van der Waals surface area contributed by atoms with Gasteiger partial charge in [-0.2, -0.15) is 0 Å². The summed E-state index contributed by atoms with van der Waals surface area (Å²) in [6.07, 6.45) is 0.858. The summed E-state index contributed by atoms with van der Waals surface area (Å²) in [6, 6.07) is 6.24. The predicted molar refractivity (Wildman–Crippen MR) is 58.3 cm³/mol. The number of benzene rings is 1. The van der Waals surface area contributed by atoms with Crippen LogP contribution in [0.1, 0.15) is 30.9 Å². The molecule has 2 N–H and O–H groups in total. The van der Waals surface area contributed by atoms with Crippen molar-refractivity contribution >= 4 is 11.6 Å². The van der Waals surface area contributed by atoms with Crippen LogP contribution in [0, 0.1) is 0 Å². The highest BCUT2D eigenvalue weighted by Gasteiger charge is 2.03. The molecule has 0 aromatic heterocycles. The Morgan fingerprint density at radius 3 is 2.54 bits per heavy atom. The number of nitrogens with two attached hydrogens (primary N) is 1. The van der Waals surface area contributed by atoms with Crippen molar-refractivity contribution in [3.63, 3.8) is 0 Å². The fraction of sp³-hybridized carbons (Fsp3) is 0.455. The van der Waals surface area contributed by atoms with E-state index in [-0.39, 0.29) is 0 Å². The lowest BCUT2D eigenvalue weighted by Crippen LogP contribution is -2.03. The third-order valence-electron chi connectivity index (χ3n) is 2.16. The van der Waals surface area contributed by atoms with Gasteiger partial charge in [-0.3, -0.25) is 0 Å². The first-order chi connectivity index (χ1) is 6.15. The van der Waals surface area contributed by atoms with E-state index < -0.39 is 0 Å². The lowest BCUT2D eigenvalue weighted by molar-refractivity contribution is 0.863. The van der Waals surface area contributed by atoms with Crippen molar-refractivity contribution in [2.45, 2.75) is 26.2 Å². The summed E-state index contributed by atoms with van der Waals surface area (Å²) < 4.78 is 0. The molecule has 1 nitrogen and oxygen atoms in total. The van der Waals surface area contributed by atoms with E-state index in [2.05, 4.69) is 26.0 Å². The van der Waals surface area contributed by atoms with Gasteiger partial charge in [-0.05, 0) is 36.1 Å². The number of rotatable bonds is 3. The zero-order valence-electron chi connectivity index (χ0n) is 8.18. The molecule has 13 heavy (non-hydrogen) atoms. The minimum atomic E-state index is 0.532. The van der Waals surface area contributed by atoms with Crippen LogP contribution in [0.3, 0.4) is 0 Å². The fourth-order valence-corrected chi connectivity index (χ4v) is 1.56. The van der Waals surface area contributed by atoms with E-state index in [4.69, 9.17) is 17.3 Å². The van der Waals surface area contributed by atoms with E-state index in [0.717, 1.165) is 17.0 Å². The third kappa shape index (κ3) is 2.71. The average molecular weight is 198 g/mol. The van der Waals surface area contributed by atoms with Gasteiger partial charge in [0.25, 0.3) is 0 Å². The van der Waals surface area contributed by atoms with Crippen molar-refractivity contribution in [2.24, 2.45) is 5.73 Å². The van der Waals surface area contributed by atoms with Gasteiger partial charge in [-0.1, -0.05) is 37.6 Å². The smallest absolute Gasteiger partial charge is 0.0441 e. The van der Waals surface area contributed by atoms with Crippen molar-refractivity contribution in [3.8, 4) is 0 Å². The Balaban J connectivity index is 2.92. The van der Waals surface area contributed by atoms with Crippen LogP contribution < -0.4 is 5.73 Å². The first-order valence-corrected chi connectivity index (χ1v) is 5.01. The van der Waals surface area contributed by atoms with Gasteiger partial charge < -0.3 is 5.73 Å². The summed E-state index contributed by atoms with van der Waals surface area (Å²) in [5.74, 6) is 0.532. The Kier molecular flexibility index (Phi) is 3.76. The van der Waals surface area contributed by atoms with Gasteiger partial charge in [0.05, 0.1) is 0 Å². The van der Waals surface area contributed by atoms with Gasteiger partial charge in [0.2, 0.25) is 0 Å². The molecular formula is C11H16ClN. The highest BCUT2D eigenvalue weighted by molar-refractivity contribution is 6.31. The second-order valence-corrected chi connectivity index (χ2v) is 3.95. The van der Waals surface area contributed by atoms with Crippen LogP contribution in [0.15, 0.2) is 18.2 Å². The van der Waals surface area contributed by atoms with E-state index in [1.807, 2.05) is 6.07 Å². The molecule has 0 aliphatic carbocycles. The Hall–Kier alpha value is -0.530. The van der Waals surface area contributed by atoms with Crippen LogP contribution in [-0.4, -0.2) is 6.54 Å². The van der Waals surface area contributed by atoms with Crippen molar-refractivity contribution in [1.29, 1.82) is 0 Å². The predicted octanol–water partition coefficient (Wildman–Crippen LogP) is 2.96. The Morgan fingerprint density at radius 2 is 2.08 bits per heavy atom. The molecular weight excluding hydrogens is 182 g/mol. The molecule has 0 radical (unpaired) electrons. The maximum atomic E-state index is 6.10. The zero-order chi connectivity index (χ0) is 9.84. The summed E-state index contributed by atoms with van der Waals surface area (Å²) >= 11 is 6.10. The Morgan fingerprint density at radius 1 is 1.38 bits per heavy atom. The summed E-state index contributed by atoms with van der Waals surface area (Å²) in [7, 11) is 0. The number of hydrogen-bond donors (Lipinski definition) is 1. The van der Waals surface area contributed by atoms with Crippen molar-refractivity contribution in [2.75, 3.05) is 6.54 Å². The molecule has 0 atom stereocenters. The largest absolute Gasteiger partial charge is 0.330 e. The maximum absolute atomic E-state index is 6.10. The van der Waals surface area contributed by atoms with E-state index in [1.54, 1.807) is 0 Å². The minimum absolute atomic E-state index is 0.532. The zero-order valence-corrected chi connectivity index (χ0v) is 8.93. The molecule has 0 heterocycles. The fourth-order valence-electron chi connectivity index (χ4n) is 1.28. The van der Waals surface area contributed by atoms with Gasteiger partial charge >= 0.3 is 0 Å². The highest BCUT2D eigenvalue weighted by atomic mass is 35.5. The molecule has 0 bridgehead atoms. The lowest BCUT2D eigenvalue weighted by atomic mass is 10.0. The van der Waals surface area contributed by atoms with Crippen LogP contribution >= 0.6 is 11.6 Å². The van der Waals surface area contributed by atoms with E-state index in [1.165, 1.54) is 5.56 Å². The quantitative estimate of drug-likeness (QED) is 0.792. The monoisotopic (exact) mass is 197 g/mol. The van der Waals surface area contributed by atoms with Gasteiger partial charge in [0.1, 0.15) is 0 Å². The molecule has 0 aliphatic rings. The van der Waals surface area contributed by atoms with E-state index >= 15 is 0 Å². The van der Waals surface area contributed by atoms with Gasteiger partial charge in [0, 0.05) is 5.02 Å². The maximum Gasteiger partial charge on any atom is 0.0441 e. The van der Waals surface area contributed by atoms with E-state index in [9.17, 15) is 0 Å². The molecule has 0 spiro atoms.